The zero-order valence-electron chi connectivity index (χ0n) is 10.6. The van der Waals surface area contributed by atoms with E-state index in [2.05, 4.69) is 27.9 Å². The van der Waals surface area contributed by atoms with Gasteiger partial charge in [0.1, 0.15) is 11.6 Å². The van der Waals surface area contributed by atoms with Crippen LogP contribution in [-0.4, -0.2) is 29.0 Å². The lowest BCUT2D eigenvalue weighted by molar-refractivity contribution is 0.630. The first-order valence-electron chi connectivity index (χ1n) is 6.19. The van der Waals surface area contributed by atoms with Crippen molar-refractivity contribution in [2.24, 2.45) is 5.92 Å². The fraction of sp³-hybridized carbons (Fsp3) is 0.538. The van der Waals surface area contributed by atoms with Gasteiger partial charge in [0.05, 0.1) is 5.52 Å². The van der Waals surface area contributed by atoms with Crippen molar-refractivity contribution in [1.82, 2.24) is 15.0 Å². The number of pyridine rings is 1. The number of nitrogens with zero attached hydrogens (tertiary/aromatic N) is 3. The van der Waals surface area contributed by atoms with E-state index in [1.54, 1.807) is 0 Å². The van der Waals surface area contributed by atoms with Crippen LogP contribution in [0.2, 0.25) is 0 Å². The molecule has 17 heavy (non-hydrogen) atoms. The SMILES string of the molecule is CC(c1nc2nc(N(C)C)ccc2[nH]1)C1CC1. The highest BCUT2D eigenvalue weighted by Crippen LogP contribution is 2.41. The molecule has 1 aliphatic carbocycles. The number of aromatic amines is 1. The van der Waals surface area contributed by atoms with E-state index in [1.807, 2.05) is 25.1 Å². The Bertz CT molecular complexity index is 539. The molecule has 1 N–H and O–H groups in total. The molecule has 2 heterocycles. The molecule has 2 aromatic rings. The summed E-state index contributed by atoms with van der Waals surface area (Å²) in [6.45, 7) is 2.25. The van der Waals surface area contributed by atoms with Crippen LogP contribution in [-0.2, 0) is 0 Å². The largest absolute Gasteiger partial charge is 0.363 e. The molecule has 1 unspecified atom stereocenters. The van der Waals surface area contributed by atoms with Gasteiger partial charge in [-0.3, -0.25) is 0 Å². The van der Waals surface area contributed by atoms with Gasteiger partial charge in [0.15, 0.2) is 5.65 Å². The predicted octanol–water partition coefficient (Wildman–Crippen LogP) is 2.54. The smallest absolute Gasteiger partial charge is 0.179 e. The van der Waals surface area contributed by atoms with Gasteiger partial charge >= 0.3 is 0 Å². The van der Waals surface area contributed by atoms with E-state index in [4.69, 9.17) is 0 Å². The van der Waals surface area contributed by atoms with Crippen molar-refractivity contribution < 1.29 is 0 Å². The number of anilines is 1. The maximum Gasteiger partial charge on any atom is 0.179 e. The van der Waals surface area contributed by atoms with Crippen molar-refractivity contribution in [3.05, 3.63) is 18.0 Å². The third-order valence-corrected chi connectivity index (χ3v) is 3.57. The molecule has 1 saturated carbocycles. The topological polar surface area (TPSA) is 44.8 Å². The molecule has 1 aliphatic rings. The van der Waals surface area contributed by atoms with Gasteiger partial charge in [0.2, 0.25) is 0 Å². The van der Waals surface area contributed by atoms with Crippen LogP contribution in [0.5, 0.6) is 0 Å². The van der Waals surface area contributed by atoms with E-state index in [9.17, 15) is 0 Å². The van der Waals surface area contributed by atoms with Crippen LogP contribution in [0.4, 0.5) is 5.82 Å². The van der Waals surface area contributed by atoms with Crippen LogP contribution in [0, 0.1) is 5.92 Å². The van der Waals surface area contributed by atoms with Crippen molar-refractivity contribution >= 4 is 17.0 Å². The Balaban J connectivity index is 2.00. The average molecular weight is 230 g/mol. The van der Waals surface area contributed by atoms with Crippen LogP contribution in [0.15, 0.2) is 12.1 Å². The second kappa shape index (κ2) is 3.72. The van der Waals surface area contributed by atoms with Crippen LogP contribution >= 0.6 is 0 Å². The molecular weight excluding hydrogens is 212 g/mol. The first-order chi connectivity index (χ1) is 8.15. The van der Waals surface area contributed by atoms with Crippen molar-refractivity contribution in [2.75, 3.05) is 19.0 Å². The Morgan fingerprint density at radius 2 is 2.06 bits per heavy atom. The Morgan fingerprint density at radius 3 is 2.71 bits per heavy atom. The summed E-state index contributed by atoms with van der Waals surface area (Å²) in [6.07, 6.45) is 2.68. The molecule has 0 saturated heterocycles. The molecule has 0 aromatic carbocycles. The van der Waals surface area contributed by atoms with Crippen molar-refractivity contribution in [2.45, 2.75) is 25.7 Å². The van der Waals surface area contributed by atoms with Gasteiger partial charge in [-0.25, -0.2) is 9.97 Å². The minimum absolute atomic E-state index is 0.534. The quantitative estimate of drug-likeness (QED) is 0.881. The number of H-pyrrole nitrogens is 1. The maximum atomic E-state index is 4.62. The second-order valence-corrected chi connectivity index (χ2v) is 5.18. The van der Waals surface area contributed by atoms with E-state index < -0.39 is 0 Å². The second-order valence-electron chi connectivity index (χ2n) is 5.18. The summed E-state index contributed by atoms with van der Waals surface area (Å²) in [7, 11) is 3.99. The summed E-state index contributed by atoms with van der Waals surface area (Å²) in [6, 6.07) is 4.08. The Hall–Kier alpha value is -1.58. The Kier molecular flexibility index (Phi) is 2.31. The standard InChI is InChI=1S/C13H18N4/c1-8(9-4-5-9)12-14-10-6-7-11(17(2)3)15-13(10)16-12/h6-9H,4-5H2,1-3H3,(H,14,15,16). The zero-order valence-corrected chi connectivity index (χ0v) is 10.6. The molecule has 1 fully saturated rings. The van der Waals surface area contributed by atoms with Gasteiger partial charge in [0.25, 0.3) is 0 Å². The minimum atomic E-state index is 0.534. The Morgan fingerprint density at radius 1 is 1.29 bits per heavy atom. The molecule has 4 heteroatoms. The molecule has 4 nitrogen and oxygen atoms in total. The van der Waals surface area contributed by atoms with Crippen LogP contribution in [0.1, 0.15) is 31.5 Å². The lowest BCUT2D eigenvalue weighted by Crippen LogP contribution is -2.10. The van der Waals surface area contributed by atoms with E-state index in [1.165, 1.54) is 12.8 Å². The lowest BCUT2D eigenvalue weighted by atomic mass is 10.1. The first-order valence-corrected chi connectivity index (χ1v) is 6.19. The molecule has 1 atom stereocenters. The molecular formula is C13H18N4. The highest BCUT2D eigenvalue weighted by Gasteiger charge is 2.30. The minimum Gasteiger partial charge on any atom is -0.363 e. The summed E-state index contributed by atoms with van der Waals surface area (Å²) < 4.78 is 0. The third-order valence-electron chi connectivity index (χ3n) is 3.57. The summed E-state index contributed by atoms with van der Waals surface area (Å²) in [4.78, 5) is 14.6. The first kappa shape index (κ1) is 10.6. The number of hydrogen-bond acceptors (Lipinski definition) is 3. The molecule has 3 rings (SSSR count). The van der Waals surface area contributed by atoms with E-state index in [0.717, 1.165) is 28.7 Å². The predicted molar refractivity (Wildman–Crippen MR) is 69.4 cm³/mol. The lowest BCUT2D eigenvalue weighted by Gasteiger charge is -2.09. The number of nitrogens with one attached hydrogen (secondary N) is 1. The summed E-state index contributed by atoms with van der Waals surface area (Å²) in [5.74, 6) is 3.40. The maximum absolute atomic E-state index is 4.62. The highest BCUT2D eigenvalue weighted by molar-refractivity contribution is 5.73. The average Bonchev–Trinajstić information content (AvgIpc) is 3.06. The fourth-order valence-corrected chi connectivity index (χ4v) is 2.19. The fourth-order valence-electron chi connectivity index (χ4n) is 2.19. The third kappa shape index (κ3) is 1.88. The van der Waals surface area contributed by atoms with Gasteiger partial charge in [0, 0.05) is 20.0 Å². The number of hydrogen-bond donors (Lipinski definition) is 1. The van der Waals surface area contributed by atoms with Crippen LogP contribution in [0.3, 0.4) is 0 Å². The molecule has 0 bridgehead atoms. The summed E-state index contributed by atoms with van der Waals surface area (Å²) >= 11 is 0. The number of fused-ring (bicyclic) bond motifs is 1. The number of aromatic nitrogens is 3. The van der Waals surface area contributed by atoms with Gasteiger partial charge in [-0.15, -0.1) is 0 Å². The van der Waals surface area contributed by atoms with Crippen molar-refractivity contribution in [3.8, 4) is 0 Å². The van der Waals surface area contributed by atoms with Crippen molar-refractivity contribution in [3.63, 3.8) is 0 Å². The number of imidazole rings is 1. The number of rotatable bonds is 3. The normalized spacial score (nSPS) is 17.4. The van der Waals surface area contributed by atoms with Gasteiger partial charge in [-0.1, -0.05) is 6.92 Å². The van der Waals surface area contributed by atoms with Gasteiger partial charge in [-0.05, 0) is 30.9 Å². The van der Waals surface area contributed by atoms with Crippen LogP contribution < -0.4 is 4.90 Å². The molecule has 90 valence electrons. The van der Waals surface area contributed by atoms with Crippen LogP contribution in [0.25, 0.3) is 11.2 Å². The monoisotopic (exact) mass is 230 g/mol. The summed E-state index contributed by atoms with van der Waals surface area (Å²) in [5, 5.41) is 0. The Labute approximate surface area is 101 Å². The van der Waals surface area contributed by atoms with Gasteiger partial charge in [-0.2, -0.15) is 0 Å². The molecule has 0 radical (unpaired) electrons. The molecule has 0 spiro atoms. The van der Waals surface area contributed by atoms with Crippen molar-refractivity contribution in [1.29, 1.82) is 0 Å². The zero-order chi connectivity index (χ0) is 12.0. The van der Waals surface area contributed by atoms with E-state index in [-0.39, 0.29) is 0 Å². The highest BCUT2D eigenvalue weighted by atomic mass is 15.1. The van der Waals surface area contributed by atoms with E-state index in [0.29, 0.717) is 5.92 Å². The summed E-state index contributed by atoms with van der Waals surface area (Å²) in [5.41, 5.74) is 1.87. The van der Waals surface area contributed by atoms with Gasteiger partial charge < -0.3 is 9.88 Å². The molecule has 0 amide bonds. The van der Waals surface area contributed by atoms with E-state index >= 15 is 0 Å². The molecule has 2 aromatic heterocycles. The molecule has 0 aliphatic heterocycles.